The molecule has 3 N–H and O–H groups in total. The van der Waals surface area contributed by atoms with Crippen molar-refractivity contribution in [1.29, 1.82) is 5.26 Å². The Morgan fingerprint density at radius 1 is 1.45 bits per heavy atom. The minimum atomic E-state index is -1.16. The van der Waals surface area contributed by atoms with Crippen LogP contribution in [-0.4, -0.2) is 16.1 Å². The first-order valence-electron chi connectivity index (χ1n) is 5.69. The number of aromatic nitrogens is 1. The maximum Gasteiger partial charge on any atom is 0.338 e. The van der Waals surface area contributed by atoms with E-state index in [0.717, 1.165) is 5.56 Å². The molecule has 0 aliphatic carbocycles. The number of nitriles is 1. The van der Waals surface area contributed by atoms with E-state index in [9.17, 15) is 4.79 Å². The lowest BCUT2D eigenvalue weighted by Crippen LogP contribution is -2.05. The highest BCUT2D eigenvalue weighted by molar-refractivity contribution is 5.94. The SMILES string of the molecule is Cc1ccc(C#N)cc1Oc1nccc(C(=O)O)c1N. The summed E-state index contributed by atoms with van der Waals surface area (Å²) < 4.78 is 5.52. The molecular weight excluding hydrogens is 258 g/mol. The highest BCUT2D eigenvalue weighted by atomic mass is 16.5. The number of nitrogens with two attached hydrogens (primary N) is 1. The zero-order chi connectivity index (χ0) is 14.7. The molecule has 0 saturated heterocycles. The van der Waals surface area contributed by atoms with E-state index in [4.69, 9.17) is 20.8 Å². The van der Waals surface area contributed by atoms with Gasteiger partial charge in [-0.2, -0.15) is 5.26 Å². The summed E-state index contributed by atoms with van der Waals surface area (Å²) in [4.78, 5) is 14.9. The van der Waals surface area contributed by atoms with Gasteiger partial charge < -0.3 is 15.6 Å². The maximum atomic E-state index is 11.0. The second-order valence-corrected chi connectivity index (χ2v) is 4.08. The lowest BCUT2D eigenvalue weighted by atomic mass is 10.1. The highest BCUT2D eigenvalue weighted by Crippen LogP contribution is 2.30. The summed E-state index contributed by atoms with van der Waals surface area (Å²) in [5, 5.41) is 17.9. The molecule has 0 amide bonds. The van der Waals surface area contributed by atoms with E-state index in [1.807, 2.05) is 6.07 Å². The van der Waals surface area contributed by atoms with Gasteiger partial charge in [-0.3, -0.25) is 0 Å². The minimum Gasteiger partial charge on any atom is -0.478 e. The van der Waals surface area contributed by atoms with Gasteiger partial charge in [0.25, 0.3) is 0 Å². The lowest BCUT2D eigenvalue weighted by Gasteiger charge is -2.11. The lowest BCUT2D eigenvalue weighted by molar-refractivity contribution is 0.0697. The number of carbonyl (C=O) groups is 1. The van der Waals surface area contributed by atoms with Crippen LogP contribution < -0.4 is 10.5 Å². The number of rotatable bonds is 3. The molecule has 0 fully saturated rings. The summed E-state index contributed by atoms with van der Waals surface area (Å²) >= 11 is 0. The van der Waals surface area contributed by atoms with Gasteiger partial charge in [0.1, 0.15) is 11.4 Å². The van der Waals surface area contributed by atoms with Crippen LogP contribution in [0.25, 0.3) is 0 Å². The molecule has 0 aliphatic heterocycles. The van der Waals surface area contributed by atoms with Crippen molar-refractivity contribution in [3.8, 4) is 17.7 Å². The number of carboxylic acid groups (broad SMARTS) is 1. The van der Waals surface area contributed by atoms with E-state index >= 15 is 0 Å². The molecule has 1 heterocycles. The standard InChI is InChI=1S/C14H11N3O3/c1-8-2-3-9(7-15)6-11(8)20-13-12(16)10(14(18)19)4-5-17-13/h2-6H,16H2,1H3,(H,18,19). The van der Waals surface area contributed by atoms with Crippen molar-refractivity contribution in [3.63, 3.8) is 0 Å². The van der Waals surface area contributed by atoms with Crippen molar-refractivity contribution in [3.05, 3.63) is 47.2 Å². The molecule has 2 aromatic rings. The fourth-order valence-electron chi connectivity index (χ4n) is 1.61. The summed E-state index contributed by atoms with van der Waals surface area (Å²) in [6.45, 7) is 1.80. The van der Waals surface area contributed by atoms with Crippen LogP contribution in [0.5, 0.6) is 11.6 Å². The fraction of sp³-hybridized carbons (Fsp3) is 0.0714. The third-order valence-electron chi connectivity index (χ3n) is 2.71. The molecule has 1 aromatic heterocycles. The van der Waals surface area contributed by atoms with Crippen molar-refractivity contribution in [1.82, 2.24) is 4.98 Å². The summed E-state index contributed by atoms with van der Waals surface area (Å²) in [6, 6.07) is 8.23. The van der Waals surface area contributed by atoms with Crippen LogP contribution in [0.4, 0.5) is 5.69 Å². The molecule has 0 saturated carbocycles. The molecule has 0 spiro atoms. The largest absolute Gasteiger partial charge is 0.478 e. The number of hydrogen-bond donors (Lipinski definition) is 2. The summed E-state index contributed by atoms with van der Waals surface area (Å²) in [5.74, 6) is -0.744. The van der Waals surface area contributed by atoms with E-state index in [1.54, 1.807) is 25.1 Å². The Morgan fingerprint density at radius 2 is 2.20 bits per heavy atom. The van der Waals surface area contributed by atoms with E-state index in [0.29, 0.717) is 11.3 Å². The number of ether oxygens (including phenoxy) is 1. The Bertz CT molecular complexity index is 720. The Balaban J connectivity index is 2.43. The normalized spacial score (nSPS) is 9.80. The quantitative estimate of drug-likeness (QED) is 0.884. The van der Waals surface area contributed by atoms with Crippen LogP contribution in [0, 0.1) is 18.3 Å². The Labute approximate surface area is 115 Å². The van der Waals surface area contributed by atoms with E-state index in [1.165, 1.54) is 12.3 Å². The summed E-state index contributed by atoms with van der Waals surface area (Å²) in [7, 11) is 0. The Kier molecular flexibility index (Phi) is 3.53. The average molecular weight is 269 g/mol. The topological polar surface area (TPSA) is 109 Å². The van der Waals surface area contributed by atoms with E-state index < -0.39 is 5.97 Å². The van der Waals surface area contributed by atoms with Crippen molar-refractivity contribution < 1.29 is 14.6 Å². The highest BCUT2D eigenvalue weighted by Gasteiger charge is 2.14. The van der Waals surface area contributed by atoms with Crippen molar-refractivity contribution in [2.24, 2.45) is 0 Å². The average Bonchev–Trinajstić information content (AvgIpc) is 2.43. The van der Waals surface area contributed by atoms with Gasteiger partial charge >= 0.3 is 5.97 Å². The number of aryl methyl sites for hydroxylation is 1. The zero-order valence-corrected chi connectivity index (χ0v) is 10.6. The smallest absolute Gasteiger partial charge is 0.338 e. The van der Waals surface area contributed by atoms with Gasteiger partial charge in [0.05, 0.1) is 17.2 Å². The van der Waals surface area contributed by atoms with Crippen LogP contribution in [0.2, 0.25) is 0 Å². The molecule has 6 nitrogen and oxygen atoms in total. The monoisotopic (exact) mass is 269 g/mol. The maximum absolute atomic E-state index is 11.0. The molecule has 0 unspecified atom stereocenters. The van der Waals surface area contributed by atoms with Crippen molar-refractivity contribution in [2.45, 2.75) is 6.92 Å². The van der Waals surface area contributed by atoms with Crippen molar-refractivity contribution >= 4 is 11.7 Å². The summed E-state index contributed by atoms with van der Waals surface area (Å²) in [5.41, 5.74) is 6.80. The number of benzene rings is 1. The van der Waals surface area contributed by atoms with E-state index in [2.05, 4.69) is 4.98 Å². The molecule has 100 valence electrons. The molecule has 6 heteroatoms. The van der Waals surface area contributed by atoms with Gasteiger partial charge in [0, 0.05) is 6.20 Å². The van der Waals surface area contributed by atoms with Gasteiger partial charge in [-0.1, -0.05) is 6.07 Å². The van der Waals surface area contributed by atoms with Crippen LogP contribution in [0.15, 0.2) is 30.5 Å². The third-order valence-corrected chi connectivity index (χ3v) is 2.71. The third kappa shape index (κ3) is 2.52. The molecule has 0 bridgehead atoms. The van der Waals surface area contributed by atoms with E-state index in [-0.39, 0.29) is 17.1 Å². The van der Waals surface area contributed by atoms with Gasteiger partial charge in [-0.05, 0) is 30.7 Å². The second kappa shape index (κ2) is 5.28. The molecule has 20 heavy (non-hydrogen) atoms. The first-order chi connectivity index (χ1) is 9.52. The van der Waals surface area contributed by atoms with Crippen LogP contribution in [-0.2, 0) is 0 Å². The molecule has 0 aliphatic rings. The van der Waals surface area contributed by atoms with Gasteiger partial charge in [-0.25, -0.2) is 9.78 Å². The number of anilines is 1. The number of pyridine rings is 1. The molecule has 2 rings (SSSR count). The predicted octanol–water partition coefficient (Wildman–Crippen LogP) is 2.33. The number of aromatic carboxylic acids is 1. The van der Waals surface area contributed by atoms with Gasteiger partial charge in [0.2, 0.25) is 5.88 Å². The van der Waals surface area contributed by atoms with Crippen LogP contribution in [0.1, 0.15) is 21.5 Å². The van der Waals surface area contributed by atoms with Crippen LogP contribution in [0.3, 0.4) is 0 Å². The molecular formula is C14H11N3O3. The van der Waals surface area contributed by atoms with Crippen molar-refractivity contribution in [2.75, 3.05) is 5.73 Å². The fourth-order valence-corrected chi connectivity index (χ4v) is 1.61. The number of hydrogen-bond acceptors (Lipinski definition) is 5. The number of nitrogens with zero attached hydrogens (tertiary/aromatic N) is 2. The first-order valence-corrected chi connectivity index (χ1v) is 5.69. The Morgan fingerprint density at radius 3 is 2.85 bits per heavy atom. The number of carboxylic acids is 1. The minimum absolute atomic E-state index is 0.00286. The molecule has 1 aromatic carbocycles. The van der Waals surface area contributed by atoms with Gasteiger partial charge in [-0.15, -0.1) is 0 Å². The second-order valence-electron chi connectivity index (χ2n) is 4.08. The molecule has 0 radical (unpaired) electrons. The summed E-state index contributed by atoms with van der Waals surface area (Å²) in [6.07, 6.45) is 1.30. The molecule has 0 atom stereocenters. The van der Waals surface area contributed by atoms with Crippen LogP contribution >= 0.6 is 0 Å². The van der Waals surface area contributed by atoms with Gasteiger partial charge in [0.15, 0.2) is 0 Å². The zero-order valence-electron chi connectivity index (χ0n) is 10.6. The number of nitrogen functional groups attached to an aromatic ring is 1. The Hall–Kier alpha value is -3.07. The first kappa shape index (κ1) is 13.4. The predicted molar refractivity (Wildman–Crippen MR) is 71.6 cm³/mol.